The summed E-state index contributed by atoms with van der Waals surface area (Å²) in [6.45, 7) is 0. The molecule has 0 aromatic rings. The van der Waals surface area contributed by atoms with Gasteiger partial charge in [-0.1, -0.05) is 0 Å². The minimum absolute atomic E-state index is 0. The molecule has 0 aliphatic heterocycles. The van der Waals surface area contributed by atoms with Crippen LogP contribution in [0.5, 0.6) is 0 Å². The quantitative estimate of drug-likeness (QED) is 0.245. The van der Waals surface area contributed by atoms with Crippen molar-refractivity contribution in [1.29, 1.82) is 0 Å². The maximum atomic E-state index is 0. The third-order valence-electron chi connectivity index (χ3n) is 0. The largest absolute Gasteiger partial charge is 0.153 e. The normalized spacial score (nSPS) is 0. The Morgan fingerprint density at radius 2 is 0.333 bits per heavy atom. The second-order valence-electron chi connectivity index (χ2n) is 0. The highest BCUT2D eigenvalue weighted by atomic mass is 31.0. The lowest BCUT2D eigenvalue weighted by Crippen LogP contribution is -0.382. The molecular weight excluding hydrogens is 125 g/mol. The molecule has 6 heavy (non-hydrogen) atoms. The summed E-state index contributed by atoms with van der Waals surface area (Å²) in [6, 6.07) is 0. The Labute approximate surface area is 55.6 Å². The molecule has 0 fully saturated rings. The van der Waals surface area contributed by atoms with Gasteiger partial charge >= 0.3 is 0 Å². The van der Waals surface area contributed by atoms with E-state index in [2.05, 4.69) is 0 Å². The number of rotatable bonds is 0. The summed E-state index contributed by atoms with van der Waals surface area (Å²) >= 11 is 0. The van der Waals surface area contributed by atoms with Crippen LogP contribution in [0.2, 0.25) is 0 Å². The zero-order valence-electron chi connectivity index (χ0n) is 2.12. The van der Waals surface area contributed by atoms with Gasteiger partial charge in [0.15, 0.2) is 0 Å². The van der Waals surface area contributed by atoms with E-state index in [9.17, 15) is 0 Å². The Balaban J connectivity index is 0. The van der Waals surface area contributed by atoms with E-state index in [1.165, 1.54) is 0 Å². The summed E-state index contributed by atoms with van der Waals surface area (Å²) in [6.07, 6.45) is 0. The van der Waals surface area contributed by atoms with Crippen molar-refractivity contribution in [3.05, 3.63) is 0 Å². The van der Waals surface area contributed by atoms with E-state index < -0.39 is 0 Å². The Bertz CT molecular complexity index is 6.00. The fraction of sp³-hybridized carbons (Fsp3) is 0. The van der Waals surface area contributed by atoms with Crippen LogP contribution >= 0.6 is 29.7 Å². The molecule has 0 saturated carbocycles. The number of hydrogen-bond acceptors (Lipinski definition) is 0. The predicted octanol–water partition coefficient (Wildman–Crippen LogP) is -3.38. The lowest BCUT2D eigenvalue weighted by Gasteiger charge is -0.154. The first-order valence-electron chi connectivity index (χ1n) is 0. The van der Waals surface area contributed by atoms with Crippen molar-refractivity contribution >= 4 is 54.9 Å². The van der Waals surface area contributed by atoms with Crippen molar-refractivity contribution in [1.82, 2.24) is 0 Å². The monoisotopic (exact) mass is 144 g/mol. The van der Waals surface area contributed by atoms with Crippen molar-refractivity contribution in [2.75, 3.05) is 0 Å². The molecule has 3 atom stereocenters. The lowest BCUT2D eigenvalue weighted by atomic mass is 10.8. The molecule has 0 bridgehead atoms. The molecule has 42 valence electrons. The van der Waals surface area contributed by atoms with Crippen LogP contribution in [0.1, 0.15) is 0 Å². The number of hydrogen-bond donors (Lipinski definition) is 0. The van der Waals surface area contributed by atoms with Crippen LogP contribution in [0.15, 0.2) is 0 Å². The van der Waals surface area contributed by atoms with Crippen molar-refractivity contribution in [3.63, 3.8) is 0 Å². The van der Waals surface area contributed by atoms with Gasteiger partial charge in [-0.2, -0.15) is 29.7 Å². The molecule has 0 rings (SSSR count). The standard InChI is InChI=1S/3BH3.3H3P/h6*1H3. The van der Waals surface area contributed by atoms with E-state index >= 15 is 0 Å². The van der Waals surface area contributed by atoms with Crippen LogP contribution in [0, 0.1) is 0 Å². The van der Waals surface area contributed by atoms with Crippen molar-refractivity contribution in [3.8, 4) is 0 Å². The molecule has 0 aliphatic rings. The molecule has 3 unspecified atom stereocenters. The summed E-state index contributed by atoms with van der Waals surface area (Å²) in [5.41, 5.74) is 0. The van der Waals surface area contributed by atoms with Gasteiger partial charge in [0, 0.05) is 0 Å². The summed E-state index contributed by atoms with van der Waals surface area (Å²) in [5.74, 6) is 0. The van der Waals surface area contributed by atoms with Crippen LogP contribution in [-0.2, 0) is 0 Å². The summed E-state index contributed by atoms with van der Waals surface area (Å²) in [4.78, 5) is 0. The molecule has 0 aromatic carbocycles. The van der Waals surface area contributed by atoms with Crippen molar-refractivity contribution < 1.29 is 0 Å². The fourth-order valence-corrected chi connectivity index (χ4v) is 0. The van der Waals surface area contributed by atoms with E-state index in [4.69, 9.17) is 0 Å². The van der Waals surface area contributed by atoms with E-state index in [1.807, 2.05) is 0 Å². The maximum Gasteiger partial charge on any atom is 0.0814 e. The molecule has 0 radical (unpaired) electrons. The van der Waals surface area contributed by atoms with E-state index in [0.717, 1.165) is 0 Å². The van der Waals surface area contributed by atoms with Gasteiger partial charge in [0.1, 0.15) is 0 Å². The fourth-order valence-electron chi connectivity index (χ4n) is 0. The first-order chi connectivity index (χ1) is 0. The first-order valence-corrected chi connectivity index (χ1v) is 0. The highest BCUT2D eigenvalue weighted by Crippen LogP contribution is 0.863. The Morgan fingerprint density at radius 3 is 0.333 bits per heavy atom. The SMILES string of the molecule is B.B.B.P.P.P. The Morgan fingerprint density at radius 1 is 0.333 bits per heavy atom. The third kappa shape index (κ3) is 50.0. The van der Waals surface area contributed by atoms with Gasteiger partial charge in [-0.05, 0) is 0 Å². The maximum absolute atomic E-state index is 0. The van der Waals surface area contributed by atoms with Crippen LogP contribution in [0.4, 0.5) is 0 Å². The smallest absolute Gasteiger partial charge is 0.0814 e. The van der Waals surface area contributed by atoms with Crippen LogP contribution in [0.25, 0.3) is 0 Å². The highest BCUT2D eigenvalue weighted by Gasteiger charge is 0.0834. The molecule has 0 N–H and O–H groups in total. The minimum atomic E-state index is 0. The summed E-state index contributed by atoms with van der Waals surface area (Å²) in [7, 11) is 0. The van der Waals surface area contributed by atoms with Crippen LogP contribution in [-0.4, -0.2) is 25.2 Å². The summed E-state index contributed by atoms with van der Waals surface area (Å²) in [5, 5.41) is 0. The van der Waals surface area contributed by atoms with Gasteiger partial charge in [0.05, 0.1) is 25.2 Å². The van der Waals surface area contributed by atoms with Crippen LogP contribution < -0.4 is 0 Å². The minimum Gasteiger partial charge on any atom is -0.153 e. The van der Waals surface area contributed by atoms with Crippen LogP contribution in [0.3, 0.4) is 0 Å². The van der Waals surface area contributed by atoms with E-state index in [-0.39, 0.29) is 54.9 Å². The Hall–Kier alpha value is 1.48. The van der Waals surface area contributed by atoms with Gasteiger partial charge in [-0.25, -0.2) is 0 Å². The second-order valence-corrected chi connectivity index (χ2v) is 0. The first kappa shape index (κ1) is 143. The molecule has 0 nitrogen and oxygen atoms in total. The van der Waals surface area contributed by atoms with E-state index in [1.54, 1.807) is 0 Å². The molecule has 0 aromatic heterocycles. The van der Waals surface area contributed by atoms with Crippen molar-refractivity contribution in [2.24, 2.45) is 0 Å². The average molecular weight is 144 g/mol. The van der Waals surface area contributed by atoms with Crippen molar-refractivity contribution in [2.45, 2.75) is 0 Å². The molecule has 0 aliphatic carbocycles. The van der Waals surface area contributed by atoms with E-state index in [0.29, 0.717) is 0 Å². The zero-order chi connectivity index (χ0) is 0. The predicted molar refractivity (Wildman–Crippen MR) is 63.1 cm³/mol. The molecule has 6 heteroatoms. The summed E-state index contributed by atoms with van der Waals surface area (Å²) < 4.78 is 0. The highest BCUT2D eigenvalue weighted by molar-refractivity contribution is 6.92. The average Bonchev–Trinajstić information content (AvgIpc) is 0. The lowest BCUT2D eigenvalue weighted by molar-refractivity contribution is 5.75. The Kier molecular flexibility index (Phi) is 2110. The molecule has 0 spiro atoms. The van der Waals surface area contributed by atoms with Gasteiger partial charge < -0.3 is 0 Å². The molecule has 0 saturated heterocycles. The topological polar surface area (TPSA) is 0 Å². The van der Waals surface area contributed by atoms with Gasteiger partial charge in [0.25, 0.3) is 0 Å². The zero-order valence-corrected chi connectivity index (χ0v) is 6.36. The molecule has 0 amide bonds. The van der Waals surface area contributed by atoms with Gasteiger partial charge in [-0.15, -0.1) is 0 Å². The molecular formula is H18B3P3. The second kappa shape index (κ2) is 88.5. The molecule has 0 heterocycles. The third-order valence-corrected chi connectivity index (χ3v) is 0. The van der Waals surface area contributed by atoms with Gasteiger partial charge in [-0.3, -0.25) is 0 Å². The van der Waals surface area contributed by atoms with Gasteiger partial charge in [0.2, 0.25) is 0 Å².